The molecule has 1 aliphatic rings. The number of rotatable bonds is 1. The lowest BCUT2D eigenvalue weighted by molar-refractivity contribution is -0.134. The van der Waals surface area contributed by atoms with Crippen LogP contribution in [-0.4, -0.2) is 11.5 Å². The van der Waals surface area contributed by atoms with Gasteiger partial charge in [0.25, 0.3) is 0 Å². The Kier molecular flexibility index (Phi) is 3.41. The van der Waals surface area contributed by atoms with Gasteiger partial charge in [0.05, 0.1) is 6.20 Å². The lowest BCUT2D eigenvalue weighted by atomic mass is 10.0. The van der Waals surface area contributed by atoms with Gasteiger partial charge in [0, 0.05) is 13.1 Å². The van der Waals surface area contributed by atoms with Crippen LogP contribution in [0.2, 0.25) is 0 Å². The van der Waals surface area contributed by atoms with E-state index in [4.69, 9.17) is 0 Å². The number of hydrogen-bond acceptors (Lipinski definition) is 3. The lowest BCUT2D eigenvalue weighted by Gasteiger charge is -2.19. The second-order valence-electron chi connectivity index (χ2n) is 4.80. The van der Waals surface area contributed by atoms with Gasteiger partial charge in [-0.15, -0.1) is 0 Å². The second kappa shape index (κ2) is 5.09. The van der Waals surface area contributed by atoms with Crippen molar-refractivity contribution >= 4 is 16.5 Å². The quantitative estimate of drug-likeness (QED) is 0.787. The number of aromatic nitrogens is 1. The molecule has 1 aliphatic heterocycles. The Balaban J connectivity index is 1.86. The largest absolute Gasteiger partial charge is 0.427 e. The van der Waals surface area contributed by atoms with E-state index >= 15 is 0 Å². The molecule has 106 valence electrons. The van der Waals surface area contributed by atoms with Gasteiger partial charge in [-0.3, -0.25) is 0 Å². The third-order valence-electron chi connectivity index (χ3n) is 3.40. The molecule has 1 aromatic carbocycles. The van der Waals surface area contributed by atoms with E-state index in [0.717, 1.165) is 36.9 Å². The van der Waals surface area contributed by atoms with E-state index in [9.17, 15) is 13.2 Å². The van der Waals surface area contributed by atoms with E-state index in [2.05, 4.69) is 11.1 Å². The highest BCUT2D eigenvalue weighted by atomic mass is 32.1. The molecule has 3 rings (SSSR count). The summed E-state index contributed by atoms with van der Waals surface area (Å²) in [4.78, 5) is 5.25. The third kappa shape index (κ3) is 2.65. The van der Waals surface area contributed by atoms with Crippen LogP contribution in [0.15, 0.2) is 30.5 Å². The smallest absolute Gasteiger partial charge is 0.344 e. The van der Waals surface area contributed by atoms with Crippen molar-refractivity contribution in [1.29, 1.82) is 0 Å². The SMILES string of the molecule is FC(F)(F)c1cnc(N2CCCc3ccccc3C2)s1. The maximum Gasteiger partial charge on any atom is 0.427 e. The second-order valence-corrected chi connectivity index (χ2v) is 5.81. The molecule has 0 radical (unpaired) electrons. The van der Waals surface area contributed by atoms with Crippen LogP contribution in [0.3, 0.4) is 0 Å². The molecule has 0 spiro atoms. The van der Waals surface area contributed by atoms with Gasteiger partial charge < -0.3 is 4.90 Å². The van der Waals surface area contributed by atoms with Crippen molar-refractivity contribution in [2.45, 2.75) is 25.6 Å². The van der Waals surface area contributed by atoms with Crippen LogP contribution in [-0.2, 0) is 19.1 Å². The molecule has 0 saturated carbocycles. The normalized spacial score (nSPS) is 15.8. The molecule has 0 aliphatic carbocycles. The predicted molar refractivity (Wildman–Crippen MR) is 72.9 cm³/mol. The van der Waals surface area contributed by atoms with Crippen LogP contribution in [0.4, 0.5) is 18.3 Å². The summed E-state index contributed by atoms with van der Waals surface area (Å²) < 4.78 is 37.9. The minimum atomic E-state index is -4.31. The molecule has 0 saturated heterocycles. The Morgan fingerprint density at radius 3 is 2.60 bits per heavy atom. The first kappa shape index (κ1) is 13.4. The van der Waals surface area contributed by atoms with Crippen molar-refractivity contribution in [1.82, 2.24) is 4.98 Å². The summed E-state index contributed by atoms with van der Waals surface area (Å²) in [5, 5.41) is 0.453. The zero-order valence-electron chi connectivity index (χ0n) is 10.7. The molecule has 20 heavy (non-hydrogen) atoms. The monoisotopic (exact) mass is 298 g/mol. The minimum Gasteiger partial charge on any atom is -0.344 e. The number of fused-ring (bicyclic) bond motifs is 1. The van der Waals surface area contributed by atoms with Gasteiger partial charge in [-0.25, -0.2) is 4.98 Å². The molecule has 0 N–H and O–H groups in total. The first-order valence-electron chi connectivity index (χ1n) is 6.39. The molecule has 6 heteroatoms. The Morgan fingerprint density at radius 1 is 1.15 bits per heavy atom. The molecule has 0 unspecified atom stereocenters. The number of aryl methyl sites for hydroxylation is 1. The number of hydrogen-bond donors (Lipinski definition) is 0. The highest BCUT2D eigenvalue weighted by Crippen LogP contribution is 2.37. The third-order valence-corrected chi connectivity index (χ3v) is 4.50. The van der Waals surface area contributed by atoms with Crippen molar-refractivity contribution < 1.29 is 13.2 Å². The van der Waals surface area contributed by atoms with Gasteiger partial charge in [-0.2, -0.15) is 13.2 Å². The van der Waals surface area contributed by atoms with Crippen molar-refractivity contribution in [2.24, 2.45) is 0 Å². The first-order chi connectivity index (χ1) is 9.54. The first-order valence-corrected chi connectivity index (χ1v) is 7.20. The molecule has 0 atom stereocenters. The molecule has 1 aromatic heterocycles. The summed E-state index contributed by atoms with van der Waals surface area (Å²) in [6.45, 7) is 1.36. The average Bonchev–Trinajstić information content (AvgIpc) is 2.80. The predicted octanol–water partition coefficient (Wildman–Crippen LogP) is 4.11. The van der Waals surface area contributed by atoms with Crippen LogP contribution in [0.25, 0.3) is 0 Å². The summed E-state index contributed by atoms with van der Waals surface area (Å²) in [5.41, 5.74) is 2.45. The van der Waals surface area contributed by atoms with Gasteiger partial charge in [0.1, 0.15) is 4.88 Å². The molecule has 0 amide bonds. The van der Waals surface area contributed by atoms with Crippen LogP contribution >= 0.6 is 11.3 Å². The minimum absolute atomic E-state index is 0.453. The molecule has 2 aromatic rings. The molecular formula is C14H13F3N2S. The highest BCUT2D eigenvalue weighted by Gasteiger charge is 2.34. The van der Waals surface area contributed by atoms with Gasteiger partial charge in [0.2, 0.25) is 0 Å². The van der Waals surface area contributed by atoms with E-state index < -0.39 is 11.1 Å². The van der Waals surface area contributed by atoms with E-state index in [0.29, 0.717) is 11.7 Å². The average molecular weight is 298 g/mol. The Hall–Kier alpha value is -1.56. The Morgan fingerprint density at radius 2 is 1.90 bits per heavy atom. The van der Waals surface area contributed by atoms with Gasteiger partial charge in [-0.1, -0.05) is 35.6 Å². The standard InChI is InChI=1S/C14H13F3N2S/c15-14(16,17)12-8-18-13(20-12)19-7-3-6-10-4-1-2-5-11(10)9-19/h1-2,4-5,8H,3,6-7,9H2. The molecule has 0 bridgehead atoms. The molecule has 2 heterocycles. The highest BCUT2D eigenvalue weighted by molar-refractivity contribution is 7.15. The Labute approximate surface area is 118 Å². The number of nitrogens with zero attached hydrogens (tertiary/aromatic N) is 2. The number of benzene rings is 1. The van der Waals surface area contributed by atoms with Crippen LogP contribution in [0, 0.1) is 0 Å². The fourth-order valence-corrected chi connectivity index (χ4v) is 3.21. The van der Waals surface area contributed by atoms with Gasteiger partial charge >= 0.3 is 6.18 Å². The summed E-state index contributed by atoms with van der Waals surface area (Å²) in [6, 6.07) is 8.08. The molecule has 2 nitrogen and oxygen atoms in total. The van der Waals surface area contributed by atoms with E-state index in [1.54, 1.807) is 0 Å². The zero-order chi connectivity index (χ0) is 14.2. The maximum absolute atomic E-state index is 12.6. The summed E-state index contributed by atoms with van der Waals surface area (Å²) in [6.07, 6.45) is -1.49. The van der Waals surface area contributed by atoms with Crippen molar-refractivity contribution in [2.75, 3.05) is 11.4 Å². The fourth-order valence-electron chi connectivity index (χ4n) is 2.41. The van der Waals surface area contributed by atoms with Gasteiger partial charge in [0.15, 0.2) is 5.13 Å². The molecule has 0 fully saturated rings. The fraction of sp³-hybridized carbons (Fsp3) is 0.357. The number of alkyl halides is 3. The van der Waals surface area contributed by atoms with E-state index in [1.807, 2.05) is 23.1 Å². The maximum atomic E-state index is 12.6. The van der Waals surface area contributed by atoms with Crippen molar-refractivity contribution in [3.8, 4) is 0 Å². The summed E-state index contributed by atoms with van der Waals surface area (Å²) in [7, 11) is 0. The van der Waals surface area contributed by atoms with Crippen LogP contribution < -0.4 is 4.90 Å². The van der Waals surface area contributed by atoms with E-state index in [1.165, 1.54) is 11.1 Å². The summed E-state index contributed by atoms with van der Waals surface area (Å²) >= 11 is 0.720. The van der Waals surface area contributed by atoms with Crippen molar-refractivity contribution in [3.63, 3.8) is 0 Å². The number of thiazole rings is 1. The van der Waals surface area contributed by atoms with Gasteiger partial charge in [-0.05, 0) is 24.0 Å². The lowest BCUT2D eigenvalue weighted by Crippen LogP contribution is -2.22. The number of anilines is 1. The van der Waals surface area contributed by atoms with Crippen LogP contribution in [0.5, 0.6) is 0 Å². The van der Waals surface area contributed by atoms with Crippen LogP contribution in [0.1, 0.15) is 22.4 Å². The topological polar surface area (TPSA) is 16.1 Å². The zero-order valence-corrected chi connectivity index (χ0v) is 11.5. The summed E-state index contributed by atoms with van der Waals surface area (Å²) in [5.74, 6) is 0. The van der Waals surface area contributed by atoms with Crippen molar-refractivity contribution in [3.05, 3.63) is 46.5 Å². The molecular weight excluding hydrogens is 285 g/mol. The Bertz CT molecular complexity index is 606. The van der Waals surface area contributed by atoms with E-state index in [-0.39, 0.29) is 0 Å². The number of halogens is 3.